The lowest BCUT2D eigenvalue weighted by Gasteiger charge is -2.27. The van der Waals surface area contributed by atoms with Crippen LogP contribution in [0.2, 0.25) is 0 Å². The normalized spacial score (nSPS) is 18.7. The van der Waals surface area contributed by atoms with E-state index in [-0.39, 0.29) is 17.2 Å². The molecule has 1 aromatic rings. The van der Waals surface area contributed by atoms with E-state index in [4.69, 9.17) is 0 Å². The fraction of sp³-hybridized carbons (Fsp3) is 0.467. The number of benzene rings is 1. The second kappa shape index (κ2) is 8.47. The molecule has 144 valence electrons. The van der Waals surface area contributed by atoms with Gasteiger partial charge in [0.05, 0.1) is 40.4 Å². The van der Waals surface area contributed by atoms with Gasteiger partial charge in [-0.2, -0.15) is 13.2 Å². The van der Waals surface area contributed by atoms with Gasteiger partial charge in [-0.05, 0) is 24.6 Å². The molecule has 1 heterocycles. The molecule has 4 nitrogen and oxygen atoms in total. The van der Waals surface area contributed by atoms with Crippen LogP contribution < -0.4 is 0 Å². The Kier molecular flexibility index (Phi) is 6.78. The molecule has 0 bridgehead atoms. The van der Waals surface area contributed by atoms with E-state index >= 15 is 0 Å². The second-order valence-corrected chi connectivity index (χ2v) is 8.01. The van der Waals surface area contributed by atoms with Crippen molar-refractivity contribution in [1.29, 1.82) is 0 Å². The first-order chi connectivity index (χ1) is 12.0. The zero-order valence-electron chi connectivity index (χ0n) is 13.6. The summed E-state index contributed by atoms with van der Waals surface area (Å²) >= 11 is 1.09. The molecule has 0 N–H and O–H groups in total. The first-order valence-corrected chi connectivity index (χ1v) is 9.67. The third kappa shape index (κ3) is 6.04. The molecule has 1 atom stereocenters. The quantitative estimate of drug-likeness (QED) is 0.693. The molecule has 2 rings (SSSR count). The van der Waals surface area contributed by atoms with Gasteiger partial charge in [0, 0.05) is 4.90 Å². The van der Waals surface area contributed by atoms with Crippen molar-refractivity contribution < 1.29 is 31.0 Å². The van der Waals surface area contributed by atoms with Crippen molar-refractivity contribution in [2.75, 3.05) is 24.6 Å². The number of carbonyl (C=O) groups excluding carboxylic acids is 1. The highest BCUT2D eigenvalue weighted by molar-refractivity contribution is 8.14. The minimum atomic E-state index is -4.56. The third-order valence-electron chi connectivity index (χ3n) is 3.38. The van der Waals surface area contributed by atoms with E-state index in [9.17, 15) is 31.0 Å². The molecule has 0 radical (unpaired) electrons. The molecule has 1 aromatic carbocycles. The molecular formula is C15H15F5N2O2S2. The number of hydrogen-bond donors (Lipinski definition) is 0. The summed E-state index contributed by atoms with van der Waals surface area (Å²) in [4.78, 5) is 16.9. The van der Waals surface area contributed by atoms with Gasteiger partial charge in [-0.15, -0.1) is 0 Å². The summed E-state index contributed by atoms with van der Waals surface area (Å²) in [6, 6.07) is 4.12. The van der Waals surface area contributed by atoms with Gasteiger partial charge in [0.2, 0.25) is 5.91 Å². The number of rotatable bonds is 5. The highest BCUT2D eigenvalue weighted by Crippen LogP contribution is 2.27. The third-order valence-corrected chi connectivity index (χ3v) is 5.70. The lowest BCUT2D eigenvalue weighted by Crippen LogP contribution is -2.43. The van der Waals surface area contributed by atoms with Crippen molar-refractivity contribution >= 4 is 39.2 Å². The van der Waals surface area contributed by atoms with Gasteiger partial charge >= 0.3 is 6.18 Å². The fourth-order valence-corrected chi connectivity index (χ4v) is 3.96. The zero-order chi connectivity index (χ0) is 19.5. The van der Waals surface area contributed by atoms with Gasteiger partial charge in [0.1, 0.15) is 5.75 Å². The van der Waals surface area contributed by atoms with E-state index < -0.39 is 41.6 Å². The Morgan fingerprint density at radius 1 is 1.35 bits per heavy atom. The number of carbonyl (C=O) groups is 1. The first-order valence-electron chi connectivity index (χ1n) is 7.37. The monoisotopic (exact) mass is 414 g/mol. The summed E-state index contributed by atoms with van der Waals surface area (Å²) in [6.45, 7) is 0.877. The Labute approximate surface area is 153 Å². The van der Waals surface area contributed by atoms with Crippen LogP contribution >= 0.6 is 11.8 Å². The van der Waals surface area contributed by atoms with Crippen LogP contribution in [0.4, 0.5) is 27.6 Å². The van der Waals surface area contributed by atoms with Gasteiger partial charge in [-0.1, -0.05) is 17.8 Å². The largest absolute Gasteiger partial charge is 0.400 e. The van der Waals surface area contributed by atoms with Crippen molar-refractivity contribution in [3.63, 3.8) is 0 Å². The van der Waals surface area contributed by atoms with Crippen LogP contribution in [-0.2, 0) is 15.6 Å². The molecule has 1 fully saturated rings. The summed E-state index contributed by atoms with van der Waals surface area (Å²) in [5.41, 5.74) is 0.926. The predicted molar refractivity (Wildman–Crippen MR) is 90.6 cm³/mol. The van der Waals surface area contributed by atoms with Crippen LogP contribution in [-0.4, -0.2) is 57.3 Å². The van der Waals surface area contributed by atoms with Gasteiger partial charge in [0.15, 0.2) is 0 Å². The number of amides is 1. The van der Waals surface area contributed by atoms with Crippen molar-refractivity contribution in [2.45, 2.75) is 24.4 Å². The standard InChI is InChI=1S/C15H15F5N2O2S2/c1-9-2-3-10(26(24)8-15(18,19)20)4-11(9)21-13-6-22(5-12(16)17)14(23)7-25-13/h2-4,12H,5-8H2,1H3. The van der Waals surface area contributed by atoms with Crippen LogP contribution in [0.1, 0.15) is 5.56 Å². The molecule has 0 aliphatic carbocycles. The van der Waals surface area contributed by atoms with E-state index in [1.165, 1.54) is 18.2 Å². The minimum Gasteiger partial charge on any atom is -0.330 e. The molecule has 0 spiro atoms. The molecule has 1 amide bonds. The molecular weight excluding hydrogens is 399 g/mol. The Balaban J connectivity index is 2.22. The van der Waals surface area contributed by atoms with Crippen LogP contribution in [0.3, 0.4) is 0 Å². The van der Waals surface area contributed by atoms with Crippen molar-refractivity contribution in [3.8, 4) is 0 Å². The van der Waals surface area contributed by atoms with Crippen molar-refractivity contribution in [2.24, 2.45) is 4.99 Å². The highest BCUT2D eigenvalue weighted by atomic mass is 32.2. The van der Waals surface area contributed by atoms with E-state index in [0.29, 0.717) is 16.3 Å². The lowest BCUT2D eigenvalue weighted by molar-refractivity contribution is -0.129. The summed E-state index contributed by atoms with van der Waals surface area (Å²) in [6.07, 6.45) is -7.23. The maximum atomic E-state index is 12.5. The molecule has 0 saturated carbocycles. The summed E-state index contributed by atoms with van der Waals surface area (Å²) < 4.78 is 74.1. The smallest absolute Gasteiger partial charge is 0.330 e. The van der Waals surface area contributed by atoms with E-state index in [1.54, 1.807) is 6.92 Å². The first kappa shape index (κ1) is 20.8. The van der Waals surface area contributed by atoms with E-state index in [1.807, 2.05) is 0 Å². The number of aryl methyl sites for hydroxylation is 1. The average Bonchev–Trinajstić information content (AvgIpc) is 2.50. The molecule has 26 heavy (non-hydrogen) atoms. The number of alkyl halides is 5. The summed E-state index contributed by atoms with van der Waals surface area (Å²) in [7, 11) is -2.26. The SMILES string of the molecule is Cc1ccc(S(=O)CC(F)(F)F)cc1N=C1CN(CC(F)F)C(=O)CS1. The molecule has 1 saturated heterocycles. The number of halogens is 5. The van der Waals surface area contributed by atoms with Gasteiger partial charge in [0.25, 0.3) is 6.43 Å². The maximum Gasteiger partial charge on any atom is 0.400 e. The van der Waals surface area contributed by atoms with Gasteiger partial charge in [-0.3, -0.25) is 9.00 Å². The number of thioether (sulfide) groups is 1. The number of nitrogens with zero attached hydrogens (tertiary/aromatic N) is 2. The van der Waals surface area contributed by atoms with Crippen molar-refractivity contribution in [3.05, 3.63) is 23.8 Å². The van der Waals surface area contributed by atoms with Crippen LogP contribution in [0.25, 0.3) is 0 Å². The Morgan fingerprint density at radius 3 is 2.65 bits per heavy atom. The van der Waals surface area contributed by atoms with Gasteiger partial charge in [-0.25, -0.2) is 13.8 Å². The Bertz CT molecular complexity index is 737. The van der Waals surface area contributed by atoms with E-state index in [0.717, 1.165) is 16.7 Å². The van der Waals surface area contributed by atoms with Crippen molar-refractivity contribution in [1.82, 2.24) is 4.90 Å². The van der Waals surface area contributed by atoms with E-state index in [2.05, 4.69) is 4.99 Å². The topological polar surface area (TPSA) is 49.7 Å². The second-order valence-electron chi connectivity index (χ2n) is 5.51. The average molecular weight is 414 g/mol. The Hall–Kier alpha value is -1.49. The molecule has 1 unspecified atom stereocenters. The summed E-state index contributed by atoms with van der Waals surface area (Å²) in [5.74, 6) is -1.92. The molecule has 0 aromatic heterocycles. The molecule has 1 aliphatic heterocycles. The number of hydrogen-bond acceptors (Lipinski definition) is 4. The predicted octanol–water partition coefficient (Wildman–Crippen LogP) is 3.54. The number of aliphatic imine (C=N–C) groups is 1. The van der Waals surface area contributed by atoms with Gasteiger partial charge < -0.3 is 4.90 Å². The summed E-state index contributed by atoms with van der Waals surface area (Å²) in [5, 5.41) is 0.395. The van der Waals surface area contributed by atoms with Crippen LogP contribution in [0, 0.1) is 6.92 Å². The molecule has 1 aliphatic rings. The minimum absolute atomic E-state index is 0.0198. The molecule has 11 heteroatoms. The van der Waals surface area contributed by atoms with Crippen LogP contribution in [0.15, 0.2) is 28.1 Å². The highest BCUT2D eigenvalue weighted by Gasteiger charge is 2.31. The van der Waals surface area contributed by atoms with Crippen LogP contribution in [0.5, 0.6) is 0 Å². The fourth-order valence-electron chi connectivity index (χ4n) is 2.15. The zero-order valence-corrected chi connectivity index (χ0v) is 15.2. The Morgan fingerprint density at radius 2 is 2.04 bits per heavy atom. The lowest BCUT2D eigenvalue weighted by atomic mass is 10.2. The maximum absolute atomic E-state index is 12.5.